The maximum Gasteiger partial charge on any atom is 0.295 e. The Hall–Kier alpha value is -3.31. The molecule has 3 atom stereocenters. The van der Waals surface area contributed by atoms with Crippen molar-refractivity contribution in [2.24, 2.45) is 17.4 Å². The van der Waals surface area contributed by atoms with Crippen LogP contribution in [0.25, 0.3) is 17.4 Å². The molecule has 5 N–H and O–H groups in total. The van der Waals surface area contributed by atoms with Crippen LogP contribution in [0.3, 0.4) is 0 Å². The van der Waals surface area contributed by atoms with Gasteiger partial charge in [-0.25, -0.2) is 23.1 Å². The molecule has 0 amide bonds. The molecule has 0 fully saturated rings. The normalized spacial score (nSPS) is 13.5. The summed E-state index contributed by atoms with van der Waals surface area (Å²) in [6.45, 7) is 11.4. The van der Waals surface area contributed by atoms with Gasteiger partial charge in [0, 0.05) is 17.7 Å². The predicted molar refractivity (Wildman–Crippen MR) is 146 cm³/mol. The van der Waals surface area contributed by atoms with Gasteiger partial charge < -0.3 is 21.1 Å². The van der Waals surface area contributed by atoms with Crippen LogP contribution >= 0.6 is 0 Å². The highest BCUT2D eigenvalue weighted by Crippen LogP contribution is 2.30. The Morgan fingerprint density at radius 3 is 2.26 bits per heavy atom. The number of aliphatic hydroxyl groups excluding tert-OH is 1. The third kappa shape index (κ3) is 9.43. The molecule has 8 nitrogen and oxygen atoms in total. The summed E-state index contributed by atoms with van der Waals surface area (Å²) in [6, 6.07) is 3.23. The molecule has 0 radical (unpaired) electrons. The zero-order valence-corrected chi connectivity index (χ0v) is 23.6. The van der Waals surface area contributed by atoms with E-state index in [2.05, 4.69) is 20.1 Å². The number of aliphatic hydroxyl groups is 1. The lowest BCUT2D eigenvalue weighted by Gasteiger charge is -2.23. The highest BCUT2D eigenvalue weighted by atomic mass is 19.1. The van der Waals surface area contributed by atoms with Gasteiger partial charge in [-0.05, 0) is 37.3 Å². The number of benzene rings is 1. The lowest BCUT2D eigenvalue weighted by molar-refractivity contribution is 0.264. The van der Waals surface area contributed by atoms with Gasteiger partial charge in [0.2, 0.25) is 5.82 Å². The van der Waals surface area contributed by atoms with Crippen molar-refractivity contribution in [2.75, 3.05) is 0 Å². The van der Waals surface area contributed by atoms with Crippen LogP contribution in [0.5, 0.6) is 0 Å². The molecule has 2 heterocycles. The fourth-order valence-corrected chi connectivity index (χ4v) is 3.90. The predicted octanol–water partition coefficient (Wildman–Crippen LogP) is 6.12. The summed E-state index contributed by atoms with van der Waals surface area (Å²) in [5, 5.41) is 12.7. The van der Waals surface area contributed by atoms with Gasteiger partial charge in [0.1, 0.15) is 18.2 Å². The SMILES string of the molecule is CC.CC.CCC(N)C(CCCC(C)/C=C(\N)c1c(F)cccc1F)c1nc(-c2nc(CO)no2)ncc1F. The summed E-state index contributed by atoms with van der Waals surface area (Å²) in [5.41, 5.74) is 12.2. The zero-order chi connectivity index (χ0) is 29.5. The average Bonchev–Trinajstić information content (AvgIpc) is 3.43. The van der Waals surface area contributed by atoms with Crippen LogP contribution in [0.1, 0.15) is 90.2 Å². The highest BCUT2D eigenvalue weighted by molar-refractivity contribution is 5.63. The lowest BCUT2D eigenvalue weighted by atomic mass is 9.87. The zero-order valence-electron chi connectivity index (χ0n) is 23.6. The Morgan fingerprint density at radius 2 is 1.69 bits per heavy atom. The number of aromatic nitrogens is 4. The number of hydrogen-bond donors (Lipinski definition) is 3. The first-order valence-corrected chi connectivity index (χ1v) is 13.4. The van der Waals surface area contributed by atoms with Crippen molar-refractivity contribution in [1.82, 2.24) is 20.1 Å². The Balaban J connectivity index is 0.00000181. The molecule has 0 saturated heterocycles. The smallest absolute Gasteiger partial charge is 0.295 e. The Morgan fingerprint density at radius 1 is 1.05 bits per heavy atom. The van der Waals surface area contributed by atoms with Crippen LogP contribution in [-0.4, -0.2) is 31.3 Å². The number of nitrogens with two attached hydrogens (primary N) is 2. The van der Waals surface area contributed by atoms with Crippen LogP contribution in [0.15, 0.2) is 35.0 Å². The molecular weight excluding hydrogens is 509 g/mol. The van der Waals surface area contributed by atoms with Crippen molar-refractivity contribution in [3.05, 3.63) is 65.0 Å². The number of halogens is 3. The topological polar surface area (TPSA) is 137 Å². The Kier molecular flexibility index (Phi) is 15.0. The van der Waals surface area contributed by atoms with E-state index in [1.807, 2.05) is 41.5 Å². The van der Waals surface area contributed by atoms with Crippen molar-refractivity contribution in [2.45, 2.75) is 85.8 Å². The summed E-state index contributed by atoms with van der Waals surface area (Å²) in [6.07, 6.45) is 5.02. The van der Waals surface area contributed by atoms with E-state index in [0.29, 0.717) is 25.7 Å². The second-order valence-electron chi connectivity index (χ2n) is 8.41. The van der Waals surface area contributed by atoms with Gasteiger partial charge in [0.25, 0.3) is 5.89 Å². The first-order chi connectivity index (χ1) is 18.7. The maximum atomic E-state index is 14.7. The number of rotatable bonds is 11. The molecule has 0 aliphatic carbocycles. The van der Waals surface area contributed by atoms with Crippen LogP contribution in [0.4, 0.5) is 13.2 Å². The molecule has 3 rings (SSSR count). The van der Waals surface area contributed by atoms with Crippen molar-refractivity contribution in [3.8, 4) is 11.7 Å². The molecule has 0 saturated carbocycles. The first kappa shape index (κ1) is 33.7. The largest absolute Gasteiger partial charge is 0.398 e. The highest BCUT2D eigenvalue weighted by Gasteiger charge is 2.25. The second kappa shape index (κ2) is 17.3. The number of nitrogens with zero attached hydrogens (tertiary/aromatic N) is 4. The van der Waals surface area contributed by atoms with Gasteiger partial charge >= 0.3 is 0 Å². The van der Waals surface area contributed by atoms with Gasteiger partial charge in [-0.3, -0.25) is 0 Å². The van der Waals surface area contributed by atoms with E-state index in [4.69, 9.17) is 21.1 Å². The molecule has 1 aromatic carbocycles. The van der Waals surface area contributed by atoms with Crippen LogP contribution in [-0.2, 0) is 6.61 Å². The van der Waals surface area contributed by atoms with Crippen molar-refractivity contribution < 1.29 is 22.8 Å². The molecule has 3 aromatic rings. The quantitative estimate of drug-likeness (QED) is 0.260. The molecule has 0 aliphatic rings. The minimum absolute atomic E-state index is 0.0307. The van der Waals surface area contributed by atoms with E-state index in [-0.39, 0.29) is 46.5 Å². The van der Waals surface area contributed by atoms with E-state index in [9.17, 15) is 13.2 Å². The van der Waals surface area contributed by atoms with Gasteiger partial charge in [-0.2, -0.15) is 4.98 Å². The fraction of sp³-hybridized carbons (Fsp3) is 0.500. The van der Waals surface area contributed by atoms with E-state index in [0.717, 1.165) is 18.3 Å². The van der Waals surface area contributed by atoms with E-state index in [1.165, 1.54) is 6.07 Å². The van der Waals surface area contributed by atoms with Gasteiger partial charge in [0.15, 0.2) is 11.6 Å². The van der Waals surface area contributed by atoms with Gasteiger partial charge in [-0.15, -0.1) is 0 Å². The summed E-state index contributed by atoms with van der Waals surface area (Å²) in [4.78, 5) is 12.2. The third-order valence-electron chi connectivity index (χ3n) is 5.80. The van der Waals surface area contributed by atoms with Crippen LogP contribution in [0, 0.1) is 23.4 Å². The molecular formula is C28H41F3N6O2. The monoisotopic (exact) mass is 550 g/mol. The Bertz CT molecular complexity index is 1150. The fourth-order valence-electron chi connectivity index (χ4n) is 3.90. The molecule has 3 unspecified atom stereocenters. The second-order valence-corrected chi connectivity index (χ2v) is 8.41. The van der Waals surface area contributed by atoms with E-state index in [1.54, 1.807) is 6.08 Å². The van der Waals surface area contributed by atoms with E-state index < -0.39 is 30.0 Å². The molecule has 11 heteroatoms. The van der Waals surface area contributed by atoms with Gasteiger partial charge in [0.05, 0.1) is 17.5 Å². The van der Waals surface area contributed by atoms with Crippen molar-refractivity contribution in [3.63, 3.8) is 0 Å². The Labute approximate surface area is 228 Å². The summed E-state index contributed by atoms with van der Waals surface area (Å²) in [5.74, 6) is -2.48. The molecule has 0 bridgehead atoms. The maximum absolute atomic E-state index is 14.7. The minimum atomic E-state index is -0.720. The van der Waals surface area contributed by atoms with Crippen molar-refractivity contribution in [1.29, 1.82) is 0 Å². The first-order valence-electron chi connectivity index (χ1n) is 13.4. The van der Waals surface area contributed by atoms with Crippen molar-refractivity contribution >= 4 is 5.70 Å². The van der Waals surface area contributed by atoms with Crippen LogP contribution in [0.2, 0.25) is 0 Å². The number of allylic oxidation sites excluding steroid dienone is 1. The average molecular weight is 551 g/mol. The van der Waals surface area contributed by atoms with Crippen LogP contribution < -0.4 is 11.5 Å². The standard InChI is InChI=1S/C24H29F3N6O2.2C2H6/c1-3-18(28)14(22-17(27)11-30-23(32-22)24-31-20(12-34)33-35-24)7-4-6-13(2)10-19(29)21-15(25)8-5-9-16(21)26;2*1-2/h5,8-11,13-14,18,34H,3-4,6-7,12,28-29H2,1-2H3;2*1-2H3/b19-10-;;. The molecule has 216 valence electrons. The lowest BCUT2D eigenvalue weighted by Crippen LogP contribution is -2.29. The minimum Gasteiger partial charge on any atom is -0.398 e. The summed E-state index contributed by atoms with van der Waals surface area (Å²) < 4.78 is 47.8. The summed E-state index contributed by atoms with van der Waals surface area (Å²) in [7, 11) is 0. The molecule has 0 spiro atoms. The number of hydrogen-bond acceptors (Lipinski definition) is 8. The molecule has 39 heavy (non-hydrogen) atoms. The van der Waals surface area contributed by atoms with Gasteiger partial charge in [-0.1, -0.05) is 65.3 Å². The summed E-state index contributed by atoms with van der Waals surface area (Å²) >= 11 is 0. The van der Waals surface area contributed by atoms with E-state index >= 15 is 0 Å². The third-order valence-corrected chi connectivity index (χ3v) is 5.80. The molecule has 0 aliphatic heterocycles. The molecule has 2 aromatic heterocycles.